The van der Waals surface area contributed by atoms with Crippen LogP contribution in [0, 0.1) is 0 Å². The SMILES string of the molecule is CCOC(=O)c1ccc(S(=O)(=O)NC2CCN(CC(=O)Nc3ccccc3)CC2)cc1. The van der Waals surface area contributed by atoms with Crippen molar-refractivity contribution < 1.29 is 22.7 Å². The first-order valence-electron chi connectivity index (χ1n) is 10.2. The number of nitrogens with zero attached hydrogens (tertiary/aromatic N) is 1. The molecule has 1 aliphatic rings. The number of hydrogen-bond acceptors (Lipinski definition) is 6. The number of likely N-dealkylation sites (tertiary alicyclic amines) is 1. The van der Waals surface area contributed by atoms with E-state index in [1.54, 1.807) is 6.92 Å². The third kappa shape index (κ3) is 6.61. The Hall–Kier alpha value is -2.75. The maximum atomic E-state index is 12.7. The van der Waals surface area contributed by atoms with Gasteiger partial charge in [0.15, 0.2) is 0 Å². The van der Waals surface area contributed by atoms with Gasteiger partial charge in [0, 0.05) is 24.8 Å². The van der Waals surface area contributed by atoms with Crippen molar-refractivity contribution in [2.45, 2.75) is 30.7 Å². The number of ether oxygens (including phenoxy) is 1. The largest absolute Gasteiger partial charge is 0.462 e. The summed E-state index contributed by atoms with van der Waals surface area (Å²) in [5, 5.41) is 2.86. The number of rotatable bonds is 8. The zero-order chi connectivity index (χ0) is 22.3. The Morgan fingerprint density at radius 1 is 1.03 bits per heavy atom. The first-order chi connectivity index (χ1) is 14.9. The summed E-state index contributed by atoms with van der Waals surface area (Å²) in [4.78, 5) is 26.0. The van der Waals surface area contributed by atoms with Crippen LogP contribution in [0.15, 0.2) is 59.5 Å². The molecule has 1 aliphatic heterocycles. The van der Waals surface area contributed by atoms with E-state index in [4.69, 9.17) is 4.74 Å². The van der Waals surface area contributed by atoms with Crippen molar-refractivity contribution in [2.24, 2.45) is 0 Å². The predicted molar refractivity (Wildman–Crippen MR) is 117 cm³/mol. The summed E-state index contributed by atoms with van der Waals surface area (Å²) in [6, 6.07) is 14.8. The van der Waals surface area contributed by atoms with E-state index in [-0.39, 0.29) is 30.0 Å². The molecule has 0 unspecified atom stereocenters. The maximum Gasteiger partial charge on any atom is 0.338 e. The zero-order valence-corrected chi connectivity index (χ0v) is 18.2. The van der Waals surface area contributed by atoms with Gasteiger partial charge >= 0.3 is 5.97 Å². The number of benzene rings is 2. The molecule has 9 heteroatoms. The third-order valence-electron chi connectivity index (χ3n) is 5.01. The van der Waals surface area contributed by atoms with Gasteiger partial charge in [0.25, 0.3) is 0 Å². The monoisotopic (exact) mass is 445 g/mol. The summed E-state index contributed by atoms with van der Waals surface area (Å²) in [5.74, 6) is -0.574. The Balaban J connectivity index is 1.48. The van der Waals surface area contributed by atoms with Crippen LogP contribution in [0.2, 0.25) is 0 Å². The van der Waals surface area contributed by atoms with Crippen LogP contribution in [0.25, 0.3) is 0 Å². The average Bonchev–Trinajstić information content (AvgIpc) is 2.76. The van der Waals surface area contributed by atoms with E-state index in [1.807, 2.05) is 35.2 Å². The number of nitrogens with one attached hydrogen (secondary N) is 2. The van der Waals surface area contributed by atoms with E-state index in [2.05, 4.69) is 10.0 Å². The minimum atomic E-state index is -3.70. The molecule has 0 spiro atoms. The molecule has 1 heterocycles. The van der Waals surface area contributed by atoms with Crippen LogP contribution >= 0.6 is 0 Å². The summed E-state index contributed by atoms with van der Waals surface area (Å²) in [7, 11) is -3.70. The lowest BCUT2D eigenvalue weighted by Gasteiger charge is -2.31. The molecule has 0 bridgehead atoms. The van der Waals surface area contributed by atoms with Crippen molar-refractivity contribution in [1.29, 1.82) is 0 Å². The fourth-order valence-electron chi connectivity index (χ4n) is 3.41. The van der Waals surface area contributed by atoms with Crippen LogP contribution in [0.1, 0.15) is 30.1 Å². The van der Waals surface area contributed by atoms with E-state index in [0.29, 0.717) is 31.5 Å². The average molecular weight is 446 g/mol. The predicted octanol–water partition coefficient (Wildman–Crippen LogP) is 2.24. The van der Waals surface area contributed by atoms with Gasteiger partial charge in [-0.1, -0.05) is 18.2 Å². The van der Waals surface area contributed by atoms with Crippen molar-refractivity contribution in [3.05, 3.63) is 60.2 Å². The van der Waals surface area contributed by atoms with Crippen molar-refractivity contribution in [1.82, 2.24) is 9.62 Å². The molecule has 0 aliphatic carbocycles. The maximum absolute atomic E-state index is 12.7. The highest BCUT2D eigenvalue weighted by atomic mass is 32.2. The Bertz CT molecular complexity index is 986. The van der Waals surface area contributed by atoms with Gasteiger partial charge in [0.1, 0.15) is 0 Å². The number of anilines is 1. The zero-order valence-electron chi connectivity index (χ0n) is 17.4. The lowest BCUT2D eigenvalue weighted by Crippen LogP contribution is -2.46. The summed E-state index contributed by atoms with van der Waals surface area (Å²) < 4.78 is 33.0. The van der Waals surface area contributed by atoms with Crippen molar-refractivity contribution in [3.63, 3.8) is 0 Å². The van der Waals surface area contributed by atoms with Crippen LogP contribution < -0.4 is 10.0 Å². The molecule has 8 nitrogen and oxygen atoms in total. The molecule has 2 aromatic rings. The molecule has 2 aromatic carbocycles. The normalized spacial score (nSPS) is 15.4. The molecule has 0 aromatic heterocycles. The summed E-state index contributed by atoms with van der Waals surface area (Å²) in [6.45, 7) is 3.48. The van der Waals surface area contributed by atoms with Gasteiger partial charge < -0.3 is 10.1 Å². The molecule has 1 saturated heterocycles. The number of hydrogen-bond donors (Lipinski definition) is 2. The van der Waals surface area contributed by atoms with E-state index in [1.165, 1.54) is 24.3 Å². The fraction of sp³-hybridized carbons (Fsp3) is 0.364. The summed E-state index contributed by atoms with van der Waals surface area (Å²) >= 11 is 0. The second kappa shape index (κ2) is 10.5. The van der Waals surface area contributed by atoms with Crippen molar-refractivity contribution in [3.8, 4) is 0 Å². The Morgan fingerprint density at radius 2 is 1.68 bits per heavy atom. The van der Waals surface area contributed by atoms with Crippen LogP contribution in [-0.2, 0) is 19.6 Å². The second-order valence-corrected chi connectivity index (χ2v) is 9.04. The molecule has 166 valence electrons. The van der Waals surface area contributed by atoms with E-state index < -0.39 is 16.0 Å². The molecule has 0 radical (unpaired) electrons. The fourth-order valence-corrected chi connectivity index (χ4v) is 4.71. The van der Waals surface area contributed by atoms with Gasteiger partial charge in [-0.05, 0) is 56.2 Å². The minimum absolute atomic E-state index is 0.0908. The Kier molecular flexibility index (Phi) is 7.78. The third-order valence-corrected chi connectivity index (χ3v) is 6.55. The number of amides is 1. The highest BCUT2D eigenvalue weighted by molar-refractivity contribution is 7.89. The Labute approximate surface area is 182 Å². The number of para-hydroxylation sites is 1. The van der Waals surface area contributed by atoms with Crippen molar-refractivity contribution in [2.75, 3.05) is 31.6 Å². The van der Waals surface area contributed by atoms with Gasteiger partial charge in [0.2, 0.25) is 15.9 Å². The van der Waals surface area contributed by atoms with Gasteiger partial charge in [-0.15, -0.1) is 0 Å². The highest BCUT2D eigenvalue weighted by Crippen LogP contribution is 2.16. The van der Waals surface area contributed by atoms with Crippen LogP contribution in [0.5, 0.6) is 0 Å². The summed E-state index contributed by atoms with van der Waals surface area (Å²) in [6.07, 6.45) is 1.22. The smallest absolute Gasteiger partial charge is 0.338 e. The molecule has 31 heavy (non-hydrogen) atoms. The van der Waals surface area contributed by atoms with Gasteiger partial charge in [-0.25, -0.2) is 17.9 Å². The molecule has 0 atom stereocenters. The highest BCUT2D eigenvalue weighted by Gasteiger charge is 2.25. The van der Waals surface area contributed by atoms with E-state index in [9.17, 15) is 18.0 Å². The quantitative estimate of drug-likeness (QED) is 0.604. The molecule has 1 amide bonds. The lowest BCUT2D eigenvalue weighted by molar-refractivity contribution is -0.117. The van der Waals surface area contributed by atoms with E-state index in [0.717, 1.165) is 5.69 Å². The molecule has 2 N–H and O–H groups in total. The van der Waals surface area contributed by atoms with E-state index >= 15 is 0 Å². The van der Waals surface area contributed by atoms with Crippen molar-refractivity contribution >= 4 is 27.6 Å². The number of sulfonamides is 1. The summed E-state index contributed by atoms with van der Waals surface area (Å²) in [5.41, 5.74) is 1.06. The first kappa shape index (κ1) is 22.9. The van der Waals surface area contributed by atoms with Crippen LogP contribution in [0.3, 0.4) is 0 Å². The topological polar surface area (TPSA) is 105 Å². The van der Waals surface area contributed by atoms with Gasteiger partial charge in [-0.3, -0.25) is 9.69 Å². The molecule has 3 rings (SSSR count). The van der Waals surface area contributed by atoms with Crippen LogP contribution in [0.4, 0.5) is 5.69 Å². The molecular formula is C22H27N3O5S. The lowest BCUT2D eigenvalue weighted by atomic mass is 10.1. The number of esters is 1. The first-order valence-corrected chi connectivity index (χ1v) is 11.7. The number of carbonyl (C=O) groups excluding carboxylic acids is 2. The Morgan fingerprint density at radius 3 is 2.29 bits per heavy atom. The minimum Gasteiger partial charge on any atom is -0.462 e. The number of piperidine rings is 1. The molecular weight excluding hydrogens is 418 g/mol. The van der Waals surface area contributed by atoms with Crippen LogP contribution in [-0.4, -0.2) is 57.5 Å². The van der Waals surface area contributed by atoms with Gasteiger partial charge in [0.05, 0.1) is 23.6 Å². The molecule has 0 saturated carbocycles. The number of carbonyl (C=O) groups is 2. The molecule has 1 fully saturated rings. The second-order valence-electron chi connectivity index (χ2n) is 7.33. The standard InChI is InChI=1S/C22H27N3O5S/c1-2-30-22(27)17-8-10-20(11-9-17)31(28,29)24-19-12-14-25(15-13-19)16-21(26)23-18-6-4-3-5-7-18/h3-11,19,24H,2,12-16H2,1H3,(H,23,26). The van der Waals surface area contributed by atoms with Gasteiger partial charge in [-0.2, -0.15) is 0 Å².